The quantitative estimate of drug-likeness (QED) is 0.868. The SMILES string of the molecule is CSC1CCCC1NCC(O)c1cccc(Br)c1. The molecule has 0 saturated heterocycles. The maximum atomic E-state index is 10.2. The monoisotopic (exact) mass is 329 g/mol. The molecule has 0 radical (unpaired) electrons. The van der Waals surface area contributed by atoms with E-state index in [0.717, 1.165) is 10.0 Å². The molecule has 3 unspecified atom stereocenters. The molecule has 2 nitrogen and oxygen atoms in total. The maximum Gasteiger partial charge on any atom is 0.0914 e. The largest absolute Gasteiger partial charge is 0.387 e. The van der Waals surface area contributed by atoms with Crippen molar-refractivity contribution in [2.75, 3.05) is 12.8 Å². The third kappa shape index (κ3) is 3.73. The molecule has 1 aromatic carbocycles. The smallest absolute Gasteiger partial charge is 0.0914 e. The van der Waals surface area contributed by atoms with Crippen molar-refractivity contribution in [2.24, 2.45) is 0 Å². The first-order valence-corrected chi connectivity index (χ1v) is 8.48. The summed E-state index contributed by atoms with van der Waals surface area (Å²) in [5.41, 5.74) is 0.968. The van der Waals surface area contributed by atoms with Crippen LogP contribution in [-0.4, -0.2) is 29.2 Å². The number of nitrogens with one attached hydrogen (secondary N) is 1. The molecule has 0 amide bonds. The molecule has 4 heteroatoms. The van der Waals surface area contributed by atoms with Gasteiger partial charge in [-0.05, 0) is 36.8 Å². The third-order valence-electron chi connectivity index (χ3n) is 3.56. The predicted octanol–water partition coefficient (Wildman–Crippen LogP) is 3.36. The standard InChI is InChI=1S/C14H20BrNOS/c1-18-14-7-3-6-12(14)16-9-13(17)10-4-2-5-11(15)8-10/h2,4-5,8,12-14,16-17H,3,6-7,9H2,1H3. The van der Waals surface area contributed by atoms with Crippen molar-refractivity contribution in [3.63, 3.8) is 0 Å². The topological polar surface area (TPSA) is 32.3 Å². The molecule has 18 heavy (non-hydrogen) atoms. The second-order valence-electron chi connectivity index (χ2n) is 4.79. The number of rotatable bonds is 5. The van der Waals surface area contributed by atoms with Gasteiger partial charge >= 0.3 is 0 Å². The van der Waals surface area contributed by atoms with Crippen molar-refractivity contribution in [3.8, 4) is 0 Å². The average Bonchev–Trinajstić information content (AvgIpc) is 2.83. The van der Waals surface area contributed by atoms with Gasteiger partial charge < -0.3 is 10.4 Å². The van der Waals surface area contributed by atoms with Crippen molar-refractivity contribution in [3.05, 3.63) is 34.3 Å². The Bertz CT molecular complexity index is 388. The molecule has 1 aliphatic rings. The molecule has 3 atom stereocenters. The van der Waals surface area contributed by atoms with E-state index in [-0.39, 0.29) is 0 Å². The van der Waals surface area contributed by atoms with Gasteiger partial charge in [-0.3, -0.25) is 0 Å². The summed E-state index contributed by atoms with van der Waals surface area (Å²) in [4.78, 5) is 0. The van der Waals surface area contributed by atoms with E-state index >= 15 is 0 Å². The van der Waals surface area contributed by atoms with Crippen LogP contribution in [0.4, 0.5) is 0 Å². The van der Waals surface area contributed by atoms with E-state index in [1.54, 1.807) is 0 Å². The normalized spacial score (nSPS) is 25.3. The summed E-state index contributed by atoms with van der Waals surface area (Å²) in [5, 5.41) is 14.4. The van der Waals surface area contributed by atoms with Crippen LogP contribution in [0.3, 0.4) is 0 Å². The van der Waals surface area contributed by atoms with Crippen LogP contribution in [0.5, 0.6) is 0 Å². The number of thioether (sulfide) groups is 1. The Morgan fingerprint density at radius 2 is 2.33 bits per heavy atom. The van der Waals surface area contributed by atoms with Gasteiger partial charge in [0.15, 0.2) is 0 Å². The van der Waals surface area contributed by atoms with Crippen molar-refractivity contribution in [1.29, 1.82) is 0 Å². The van der Waals surface area contributed by atoms with Crippen LogP contribution in [-0.2, 0) is 0 Å². The van der Waals surface area contributed by atoms with Gasteiger partial charge in [-0.25, -0.2) is 0 Å². The van der Waals surface area contributed by atoms with Crippen LogP contribution in [0.15, 0.2) is 28.7 Å². The highest BCUT2D eigenvalue weighted by molar-refractivity contribution is 9.10. The number of halogens is 1. The molecule has 2 N–H and O–H groups in total. The van der Waals surface area contributed by atoms with E-state index in [2.05, 4.69) is 27.5 Å². The number of aliphatic hydroxyl groups is 1. The molecule has 1 saturated carbocycles. The van der Waals surface area contributed by atoms with Gasteiger partial charge in [0.25, 0.3) is 0 Å². The van der Waals surface area contributed by atoms with Gasteiger partial charge in [0.1, 0.15) is 0 Å². The molecule has 1 fully saturated rings. The lowest BCUT2D eigenvalue weighted by Crippen LogP contribution is -2.36. The predicted molar refractivity (Wildman–Crippen MR) is 82.0 cm³/mol. The first kappa shape index (κ1) is 14.4. The van der Waals surface area contributed by atoms with Gasteiger partial charge in [-0.2, -0.15) is 11.8 Å². The van der Waals surface area contributed by atoms with E-state index in [1.807, 2.05) is 36.0 Å². The van der Waals surface area contributed by atoms with Crippen molar-refractivity contribution < 1.29 is 5.11 Å². The van der Waals surface area contributed by atoms with E-state index in [1.165, 1.54) is 19.3 Å². The van der Waals surface area contributed by atoms with Gasteiger partial charge in [-0.15, -0.1) is 0 Å². The third-order valence-corrected chi connectivity index (χ3v) is 5.23. The summed E-state index contributed by atoms with van der Waals surface area (Å²) in [5.74, 6) is 0. The minimum absolute atomic E-state index is 0.425. The zero-order chi connectivity index (χ0) is 13.0. The number of hydrogen-bond acceptors (Lipinski definition) is 3. The Morgan fingerprint density at radius 1 is 1.50 bits per heavy atom. The summed E-state index contributed by atoms with van der Waals surface area (Å²) in [6.07, 6.45) is 5.58. The summed E-state index contributed by atoms with van der Waals surface area (Å²) < 4.78 is 1.02. The minimum Gasteiger partial charge on any atom is -0.387 e. The average molecular weight is 330 g/mol. The van der Waals surface area contributed by atoms with Gasteiger partial charge in [0.2, 0.25) is 0 Å². The highest BCUT2D eigenvalue weighted by Crippen LogP contribution is 2.28. The van der Waals surface area contributed by atoms with E-state index in [0.29, 0.717) is 17.8 Å². The van der Waals surface area contributed by atoms with Crippen molar-refractivity contribution in [2.45, 2.75) is 36.7 Å². The lowest BCUT2D eigenvalue weighted by molar-refractivity contribution is 0.170. The summed E-state index contributed by atoms with van der Waals surface area (Å²) in [6, 6.07) is 8.44. The van der Waals surface area contributed by atoms with Crippen LogP contribution < -0.4 is 5.32 Å². The first-order valence-electron chi connectivity index (χ1n) is 6.40. The summed E-state index contributed by atoms with van der Waals surface area (Å²) >= 11 is 5.37. The van der Waals surface area contributed by atoms with Gasteiger partial charge in [-0.1, -0.05) is 34.5 Å². The Hall–Kier alpha value is -0.0300. The fraction of sp³-hybridized carbons (Fsp3) is 0.571. The molecule has 1 aliphatic carbocycles. The molecule has 1 aromatic rings. The Kier molecular flexibility index (Phi) is 5.55. The second-order valence-corrected chi connectivity index (χ2v) is 6.78. The highest BCUT2D eigenvalue weighted by atomic mass is 79.9. The second kappa shape index (κ2) is 6.94. The molecule has 0 aromatic heterocycles. The lowest BCUT2D eigenvalue weighted by Gasteiger charge is -2.21. The van der Waals surface area contributed by atoms with E-state index in [9.17, 15) is 5.11 Å². The lowest BCUT2D eigenvalue weighted by atomic mass is 10.1. The van der Waals surface area contributed by atoms with Crippen LogP contribution in [0.2, 0.25) is 0 Å². The van der Waals surface area contributed by atoms with Gasteiger partial charge in [0, 0.05) is 22.3 Å². The van der Waals surface area contributed by atoms with Crippen LogP contribution in [0, 0.1) is 0 Å². The van der Waals surface area contributed by atoms with Crippen molar-refractivity contribution in [1.82, 2.24) is 5.32 Å². The summed E-state index contributed by atoms with van der Waals surface area (Å²) in [7, 11) is 0. The highest BCUT2D eigenvalue weighted by Gasteiger charge is 2.26. The number of hydrogen-bond donors (Lipinski definition) is 2. The molecular formula is C14H20BrNOS. The molecule has 100 valence electrons. The Labute approximate surface area is 122 Å². The minimum atomic E-state index is -0.425. The molecular weight excluding hydrogens is 310 g/mol. The molecule has 2 rings (SSSR count). The molecule has 0 aliphatic heterocycles. The van der Waals surface area contributed by atoms with Crippen molar-refractivity contribution >= 4 is 27.7 Å². The van der Waals surface area contributed by atoms with E-state index in [4.69, 9.17) is 0 Å². The molecule has 0 bridgehead atoms. The number of aliphatic hydroxyl groups excluding tert-OH is 1. The number of benzene rings is 1. The van der Waals surface area contributed by atoms with Crippen LogP contribution in [0.25, 0.3) is 0 Å². The Balaban J connectivity index is 1.86. The molecule has 0 heterocycles. The van der Waals surface area contributed by atoms with Gasteiger partial charge in [0.05, 0.1) is 6.10 Å². The van der Waals surface area contributed by atoms with E-state index < -0.39 is 6.10 Å². The van der Waals surface area contributed by atoms with Crippen LogP contribution >= 0.6 is 27.7 Å². The van der Waals surface area contributed by atoms with Crippen LogP contribution in [0.1, 0.15) is 30.9 Å². The molecule has 0 spiro atoms. The zero-order valence-electron chi connectivity index (χ0n) is 10.6. The maximum absolute atomic E-state index is 10.2. The summed E-state index contributed by atoms with van der Waals surface area (Å²) in [6.45, 7) is 0.637. The fourth-order valence-electron chi connectivity index (χ4n) is 2.54. The first-order chi connectivity index (χ1) is 8.70. The fourth-order valence-corrected chi connectivity index (χ4v) is 3.92. The Morgan fingerprint density at radius 3 is 3.06 bits per heavy atom. The zero-order valence-corrected chi connectivity index (χ0v) is 13.0.